The molecule has 2 atom stereocenters. The Bertz CT molecular complexity index is 617. The molecule has 1 aliphatic heterocycles. The lowest BCUT2D eigenvalue weighted by Gasteiger charge is -2.29. The van der Waals surface area contributed by atoms with Gasteiger partial charge in [-0.05, 0) is 49.7 Å². The minimum Gasteiger partial charge on any atom is -0.435 e. The van der Waals surface area contributed by atoms with Crippen LogP contribution in [0.15, 0.2) is 24.3 Å². The molecule has 2 aliphatic rings. The number of imide groups is 1. The maximum atomic E-state index is 12.6. The minimum absolute atomic E-state index is 0.0815. The number of carboxylic acid groups (broad SMARTS) is 1. The van der Waals surface area contributed by atoms with Crippen LogP contribution in [-0.2, 0) is 17.6 Å². The molecule has 1 aromatic rings. The number of benzene rings is 1. The molecule has 0 aromatic heterocycles. The fraction of sp³-hybridized carbons (Fsp3) is 0.619. The van der Waals surface area contributed by atoms with Gasteiger partial charge in [-0.15, -0.1) is 0 Å². The fourth-order valence-corrected chi connectivity index (χ4v) is 4.78. The fourth-order valence-electron chi connectivity index (χ4n) is 4.78. The number of carbonyl (C=O) groups is 2. The van der Waals surface area contributed by atoms with Crippen LogP contribution in [0.4, 0.5) is 4.79 Å². The summed E-state index contributed by atoms with van der Waals surface area (Å²) in [6.07, 6.45) is 7.66. The van der Waals surface area contributed by atoms with Gasteiger partial charge in [0.2, 0.25) is 0 Å². The third kappa shape index (κ3) is 3.64. The second-order valence-corrected chi connectivity index (χ2v) is 7.90. The highest BCUT2D eigenvalue weighted by atomic mass is 16.4. The van der Waals surface area contributed by atoms with E-state index in [1.165, 1.54) is 30.4 Å². The molecule has 1 fully saturated rings. The molecule has 25 heavy (non-hydrogen) atoms. The van der Waals surface area contributed by atoms with Crippen molar-refractivity contribution in [2.75, 3.05) is 6.54 Å². The summed E-state index contributed by atoms with van der Waals surface area (Å²) in [5.41, 5.74) is 3.00. The van der Waals surface area contributed by atoms with Crippen LogP contribution in [0.25, 0.3) is 0 Å². The largest absolute Gasteiger partial charge is 0.521 e. The number of hydrogen-bond acceptors (Lipinski definition) is 2. The zero-order chi connectivity index (χ0) is 17.9. The van der Waals surface area contributed by atoms with Crippen molar-refractivity contribution in [2.45, 2.75) is 70.8 Å². The second kappa shape index (κ2) is 7.69. The first-order chi connectivity index (χ1) is 12.0. The Hall–Kier alpha value is -1.68. The molecule has 0 saturated carbocycles. The maximum Gasteiger partial charge on any atom is 0.521 e. The molecule has 0 spiro atoms. The van der Waals surface area contributed by atoms with E-state index in [2.05, 4.69) is 24.3 Å². The van der Waals surface area contributed by atoms with Gasteiger partial charge in [-0.3, -0.25) is 0 Å². The van der Waals surface area contributed by atoms with Crippen molar-refractivity contribution in [1.82, 2.24) is 0 Å². The van der Waals surface area contributed by atoms with Gasteiger partial charge < -0.3 is 5.11 Å². The van der Waals surface area contributed by atoms with Gasteiger partial charge in [0.25, 0.3) is 0 Å². The average Bonchev–Trinajstić information content (AvgIpc) is 3.17. The first-order valence-corrected chi connectivity index (χ1v) is 9.75. The molecular formula is C21H30NO3+. The van der Waals surface area contributed by atoms with E-state index in [9.17, 15) is 14.7 Å². The van der Waals surface area contributed by atoms with Crippen molar-refractivity contribution < 1.29 is 19.2 Å². The SMILES string of the molecule is C[C@@H]1CCC[N+]1(C(=O)O)C(=O)CCCCCC1Cc2ccccc2C1. The molecule has 1 unspecified atom stereocenters. The maximum absolute atomic E-state index is 12.6. The number of fused-ring (bicyclic) bond motifs is 1. The van der Waals surface area contributed by atoms with E-state index >= 15 is 0 Å². The third-order valence-electron chi connectivity index (χ3n) is 6.31. The minimum atomic E-state index is -0.960. The molecular weight excluding hydrogens is 314 g/mol. The number of rotatable bonds is 6. The van der Waals surface area contributed by atoms with Gasteiger partial charge in [0, 0.05) is 12.8 Å². The summed E-state index contributed by atoms with van der Waals surface area (Å²) in [5.74, 6) is 0.648. The molecule has 4 heteroatoms. The lowest BCUT2D eigenvalue weighted by molar-refractivity contribution is -0.792. The predicted molar refractivity (Wildman–Crippen MR) is 97.3 cm³/mol. The van der Waals surface area contributed by atoms with E-state index in [0.717, 1.165) is 38.0 Å². The predicted octanol–water partition coefficient (Wildman–Crippen LogP) is 4.56. The van der Waals surface area contributed by atoms with Gasteiger partial charge in [-0.25, -0.2) is 4.79 Å². The summed E-state index contributed by atoms with van der Waals surface area (Å²) in [4.78, 5) is 24.3. The monoisotopic (exact) mass is 344 g/mol. The van der Waals surface area contributed by atoms with E-state index in [0.29, 0.717) is 13.0 Å². The quantitative estimate of drug-likeness (QED) is 0.608. The van der Waals surface area contributed by atoms with Gasteiger partial charge >= 0.3 is 12.0 Å². The zero-order valence-electron chi connectivity index (χ0n) is 15.2. The van der Waals surface area contributed by atoms with Crippen LogP contribution in [0.2, 0.25) is 0 Å². The summed E-state index contributed by atoms with van der Waals surface area (Å²) in [6.45, 7) is 2.37. The highest BCUT2D eigenvalue weighted by Gasteiger charge is 2.52. The van der Waals surface area contributed by atoms with Gasteiger partial charge in [0.1, 0.15) is 6.04 Å². The van der Waals surface area contributed by atoms with Crippen molar-refractivity contribution in [3.8, 4) is 0 Å². The molecule has 1 aromatic carbocycles. The van der Waals surface area contributed by atoms with Crippen LogP contribution >= 0.6 is 0 Å². The summed E-state index contributed by atoms with van der Waals surface area (Å²) in [5, 5.41) is 9.59. The molecule has 1 saturated heterocycles. The van der Waals surface area contributed by atoms with E-state index in [1.807, 2.05) is 6.92 Å². The highest BCUT2D eigenvalue weighted by Crippen LogP contribution is 2.31. The van der Waals surface area contributed by atoms with E-state index in [-0.39, 0.29) is 16.4 Å². The van der Waals surface area contributed by atoms with Crippen LogP contribution in [0.3, 0.4) is 0 Å². The Labute approximate surface area is 150 Å². The highest BCUT2D eigenvalue weighted by molar-refractivity contribution is 5.80. The number of quaternary nitrogens is 1. The van der Waals surface area contributed by atoms with Crippen molar-refractivity contribution in [1.29, 1.82) is 0 Å². The number of likely N-dealkylation sites (tertiary alicyclic amines) is 1. The molecule has 136 valence electrons. The summed E-state index contributed by atoms with van der Waals surface area (Å²) in [7, 11) is 0. The Morgan fingerprint density at radius 1 is 1.12 bits per heavy atom. The zero-order valence-corrected chi connectivity index (χ0v) is 15.2. The number of hydrogen-bond donors (Lipinski definition) is 1. The lowest BCUT2D eigenvalue weighted by Crippen LogP contribution is -2.58. The summed E-state index contributed by atoms with van der Waals surface area (Å²) >= 11 is 0. The third-order valence-corrected chi connectivity index (χ3v) is 6.31. The molecule has 1 N–H and O–H groups in total. The van der Waals surface area contributed by atoms with Gasteiger partial charge in [-0.1, -0.05) is 37.1 Å². The van der Waals surface area contributed by atoms with E-state index in [1.54, 1.807) is 0 Å². The Morgan fingerprint density at radius 3 is 2.36 bits per heavy atom. The number of unbranched alkanes of at least 4 members (excludes halogenated alkanes) is 2. The Kier molecular flexibility index (Phi) is 5.57. The summed E-state index contributed by atoms with van der Waals surface area (Å²) in [6, 6.07) is 8.63. The van der Waals surface area contributed by atoms with E-state index in [4.69, 9.17) is 0 Å². The Balaban J connectivity index is 1.39. The van der Waals surface area contributed by atoms with Crippen molar-refractivity contribution >= 4 is 12.0 Å². The van der Waals surface area contributed by atoms with Crippen molar-refractivity contribution in [3.63, 3.8) is 0 Å². The van der Waals surface area contributed by atoms with E-state index < -0.39 is 6.09 Å². The lowest BCUT2D eigenvalue weighted by atomic mass is 9.98. The first-order valence-electron chi connectivity index (χ1n) is 9.75. The number of nitrogens with zero attached hydrogens (tertiary/aromatic N) is 1. The Morgan fingerprint density at radius 2 is 1.80 bits per heavy atom. The number of carbonyl (C=O) groups excluding carboxylic acids is 1. The molecule has 1 heterocycles. The molecule has 2 amide bonds. The normalized spacial score (nSPS) is 25.9. The van der Waals surface area contributed by atoms with Crippen molar-refractivity contribution in [2.24, 2.45) is 5.92 Å². The van der Waals surface area contributed by atoms with Gasteiger partial charge in [0.15, 0.2) is 0 Å². The van der Waals surface area contributed by atoms with Gasteiger partial charge in [-0.2, -0.15) is 9.28 Å². The van der Waals surface area contributed by atoms with Crippen LogP contribution in [0, 0.1) is 5.92 Å². The molecule has 3 rings (SSSR count). The first kappa shape index (κ1) is 18.1. The van der Waals surface area contributed by atoms with Crippen LogP contribution in [-0.4, -0.2) is 34.2 Å². The molecule has 0 radical (unpaired) electrons. The second-order valence-electron chi connectivity index (χ2n) is 7.90. The van der Waals surface area contributed by atoms with Crippen LogP contribution < -0.4 is 0 Å². The van der Waals surface area contributed by atoms with Crippen LogP contribution in [0.1, 0.15) is 63.0 Å². The van der Waals surface area contributed by atoms with Crippen molar-refractivity contribution in [3.05, 3.63) is 35.4 Å². The molecule has 4 nitrogen and oxygen atoms in total. The smallest absolute Gasteiger partial charge is 0.435 e. The topological polar surface area (TPSA) is 54.4 Å². The molecule has 0 bridgehead atoms. The van der Waals surface area contributed by atoms with Crippen LogP contribution in [0.5, 0.6) is 0 Å². The van der Waals surface area contributed by atoms with Gasteiger partial charge in [0.05, 0.1) is 13.0 Å². The standard InChI is InChI=1S/C21H29NO3/c1-16-8-7-13-22(16,21(24)25)20(23)12-4-2-3-9-17-14-18-10-5-6-11-19(18)15-17/h5-6,10-11,16-17H,2-4,7-9,12-15H2,1H3/p+1/t16-,22?/m1/s1. The summed E-state index contributed by atoms with van der Waals surface area (Å²) < 4.78 is -0.335. The average molecular weight is 344 g/mol. The molecule has 1 aliphatic carbocycles. The number of amides is 2.